The summed E-state index contributed by atoms with van der Waals surface area (Å²) in [6.45, 7) is 4.16. The molecule has 0 aliphatic carbocycles. The van der Waals surface area contributed by atoms with Crippen molar-refractivity contribution in [3.63, 3.8) is 0 Å². The molecule has 1 aromatic heterocycles. The lowest BCUT2D eigenvalue weighted by atomic mass is 10.1. The van der Waals surface area contributed by atoms with E-state index in [1.165, 1.54) is 0 Å². The number of benzene rings is 1. The van der Waals surface area contributed by atoms with Crippen LogP contribution < -0.4 is 16.2 Å². The van der Waals surface area contributed by atoms with Crippen LogP contribution in [0, 0.1) is 0 Å². The summed E-state index contributed by atoms with van der Waals surface area (Å²) in [6, 6.07) is 10.9. The van der Waals surface area contributed by atoms with Gasteiger partial charge < -0.3 is 20.5 Å². The predicted molar refractivity (Wildman–Crippen MR) is 115 cm³/mol. The van der Waals surface area contributed by atoms with Crippen molar-refractivity contribution in [3.05, 3.63) is 81.9 Å². The van der Waals surface area contributed by atoms with Crippen LogP contribution in [-0.4, -0.2) is 41.3 Å². The number of nitrogens with one attached hydrogen (secondary N) is 3. The van der Waals surface area contributed by atoms with Crippen molar-refractivity contribution in [3.8, 4) is 0 Å². The summed E-state index contributed by atoms with van der Waals surface area (Å²) >= 11 is 0. The van der Waals surface area contributed by atoms with Crippen LogP contribution in [0.1, 0.15) is 29.3 Å². The maximum Gasteiger partial charge on any atom is 0.251 e. The molecule has 3 heterocycles. The van der Waals surface area contributed by atoms with Gasteiger partial charge in [0.25, 0.3) is 5.91 Å². The van der Waals surface area contributed by atoms with Gasteiger partial charge in [-0.25, -0.2) is 0 Å². The third-order valence-electron chi connectivity index (χ3n) is 4.81. The Bertz CT molecular complexity index is 1060. The average Bonchev–Trinajstić information content (AvgIpc) is 3.23. The van der Waals surface area contributed by atoms with Crippen LogP contribution >= 0.6 is 0 Å². The molecular weight excluding hydrogens is 366 g/mol. The lowest BCUT2D eigenvalue weighted by Crippen LogP contribution is -2.32. The summed E-state index contributed by atoms with van der Waals surface area (Å²) in [4.78, 5) is 33.1. The number of H-pyrrole nitrogens is 1. The Balaban J connectivity index is 1.54. The van der Waals surface area contributed by atoms with Crippen LogP contribution in [0.3, 0.4) is 0 Å². The third kappa shape index (κ3) is 3.99. The number of allylic oxidation sites excluding steroid dienone is 2. The first-order valence-electron chi connectivity index (χ1n) is 9.74. The van der Waals surface area contributed by atoms with Crippen molar-refractivity contribution in [2.45, 2.75) is 13.3 Å². The number of pyridine rings is 1. The van der Waals surface area contributed by atoms with E-state index in [-0.39, 0.29) is 11.5 Å². The molecule has 2 aromatic rings. The van der Waals surface area contributed by atoms with Gasteiger partial charge in [-0.05, 0) is 48.9 Å². The second-order valence-electron chi connectivity index (χ2n) is 6.89. The molecule has 0 spiro atoms. The number of rotatable bonds is 6. The van der Waals surface area contributed by atoms with Gasteiger partial charge in [0.2, 0.25) is 5.56 Å². The third-order valence-corrected chi connectivity index (χ3v) is 4.81. The van der Waals surface area contributed by atoms with Gasteiger partial charge in [0.1, 0.15) is 0 Å². The molecule has 0 saturated heterocycles. The largest absolute Gasteiger partial charge is 0.353 e. The van der Waals surface area contributed by atoms with Crippen LogP contribution in [0.2, 0.25) is 0 Å². The molecule has 29 heavy (non-hydrogen) atoms. The Hall–Kier alpha value is -3.61. The van der Waals surface area contributed by atoms with Crippen molar-refractivity contribution < 1.29 is 4.79 Å². The van der Waals surface area contributed by atoms with Gasteiger partial charge in [-0.1, -0.05) is 6.92 Å². The highest BCUT2D eigenvalue weighted by Crippen LogP contribution is 2.28. The molecule has 148 valence electrons. The minimum atomic E-state index is -0.128. The zero-order chi connectivity index (χ0) is 20.2. The first-order valence-corrected chi connectivity index (χ1v) is 9.74. The average molecular weight is 389 g/mol. The second kappa shape index (κ2) is 8.18. The predicted octanol–water partition coefficient (Wildman–Crippen LogP) is 2.58. The number of aromatic nitrogens is 1. The Labute approximate surface area is 168 Å². The molecule has 3 N–H and O–H groups in total. The molecule has 7 nitrogen and oxygen atoms in total. The van der Waals surface area contributed by atoms with Crippen molar-refractivity contribution in [1.82, 2.24) is 15.2 Å². The Morgan fingerprint density at radius 1 is 1.21 bits per heavy atom. The summed E-state index contributed by atoms with van der Waals surface area (Å²) in [5.41, 5.74) is 4.10. The molecule has 2 aliphatic heterocycles. The first-order chi connectivity index (χ1) is 14.2. The summed E-state index contributed by atoms with van der Waals surface area (Å²) in [5, 5.41) is 6.26. The van der Waals surface area contributed by atoms with E-state index in [4.69, 9.17) is 0 Å². The van der Waals surface area contributed by atoms with E-state index in [1.54, 1.807) is 12.3 Å². The number of aliphatic imine (C=N–C) groups is 1. The number of carbonyl (C=O) groups excluding carboxylic acids is 1. The first kappa shape index (κ1) is 18.7. The van der Waals surface area contributed by atoms with Gasteiger partial charge in [0.05, 0.1) is 17.9 Å². The molecule has 0 atom stereocenters. The molecule has 1 aromatic carbocycles. The number of carbonyl (C=O) groups is 1. The van der Waals surface area contributed by atoms with Gasteiger partial charge in [0.15, 0.2) is 5.84 Å². The van der Waals surface area contributed by atoms with E-state index >= 15 is 0 Å². The summed E-state index contributed by atoms with van der Waals surface area (Å²) in [5.74, 6) is 0.791. The molecule has 1 amide bonds. The van der Waals surface area contributed by atoms with E-state index < -0.39 is 0 Å². The van der Waals surface area contributed by atoms with Crippen molar-refractivity contribution in [2.24, 2.45) is 4.99 Å². The van der Waals surface area contributed by atoms with Gasteiger partial charge in [0, 0.05) is 42.2 Å². The molecule has 0 radical (unpaired) electrons. The normalized spacial score (nSPS) is 15.2. The minimum absolute atomic E-state index is 0.0629. The van der Waals surface area contributed by atoms with Crippen molar-refractivity contribution in [1.29, 1.82) is 0 Å². The zero-order valence-corrected chi connectivity index (χ0v) is 16.2. The number of amides is 1. The molecule has 4 rings (SSSR count). The zero-order valence-electron chi connectivity index (χ0n) is 16.2. The maximum atomic E-state index is 12.0. The van der Waals surface area contributed by atoms with Crippen molar-refractivity contribution >= 4 is 23.1 Å². The SMILES string of the molecule is CCCNC(=O)c1ccc(NC2=CC=C(c3cc[nH]c(=O)c3)N3CCN=C23)cc1. The van der Waals surface area contributed by atoms with Gasteiger partial charge in [-0.15, -0.1) is 0 Å². The quantitative estimate of drug-likeness (QED) is 0.708. The number of hydrogen-bond acceptors (Lipinski definition) is 5. The highest BCUT2D eigenvalue weighted by atomic mass is 16.1. The number of hydrogen-bond donors (Lipinski definition) is 3. The smallest absolute Gasteiger partial charge is 0.251 e. The number of fused-ring (bicyclic) bond motifs is 1. The molecule has 7 heteroatoms. The molecule has 0 bridgehead atoms. The highest BCUT2D eigenvalue weighted by Gasteiger charge is 2.27. The van der Waals surface area contributed by atoms with Crippen LogP contribution in [-0.2, 0) is 0 Å². The van der Waals surface area contributed by atoms with Crippen molar-refractivity contribution in [2.75, 3.05) is 25.0 Å². The number of nitrogens with zero attached hydrogens (tertiary/aromatic N) is 2. The van der Waals surface area contributed by atoms with Gasteiger partial charge in [-0.2, -0.15) is 0 Å². The minimum Gasteiger partial charge on any atom is -0.353 e. The number of aromatic amines is 1. The standard InChI is InChI=1S/C22H23N5O2/c1-2-10-25-22(29)15-3-5-17(6-4-15)26-18-7-8-19(27-13-12-24-21(18)27)16-9-11-23-20(28)14-16/h3-9,11,14,26H,2,10,12-13H2,1H3,(H,23,28)(H,25,29). The van der Waals surface area contributed by atoms with E-state index in [0.717, 1.165) is 41.4 Å². The molecule has 0 unspecified atom stereocenters. The monoisotopic (exact) mass is 389 g/mol. The number of amidine groups is 1. The topological polar surface area (TPSA) is 89.6 Å². The number of anilines is 1. The van der Waals surface area contributed by atoms with Crippen LogP contribution in [0.25, 0.3) is 5.70 Å². The molecule has 0 saturated carbocycles. The lowest BCUT2D eigenvalue weighted by molar-refractivity contribution is 0.0953. The lowest BCUT2D eigenvalue weighted by Gasteiger charge is -2.28. The molecule has 2 aliphatic rings. The van der Waals surface area contributed by atoms with Crippen LogP contribution in [0.5, 0.6) is 0 Å². The fourth-order valence-electron chi connectivity index (χ4n) is 3.39. The van der Waals surface area contributed by atoms with E-state index in [9.17, 15) is 9.59 Å². The summed E-state index contributed by atoms with van der Waals surface area (Å²) in [6.07, 6.45) is 6.53. The van der Waals surface area contributed by atoms with E-state index in [2.05, 4.69) is 25.5 Å². The van der Waals surface area contributed by atoms with Crippen LogP contribution in [0.4, 0.5) is 5.69 Å². The second-order valence-corrected chi connectivity index (χ2v) is 6.89. The fraction of sp³-hybridized carbons (Fsp3) is 0.227. The van der Waals surface area contributed by atoms with Gasteiger partial charge >= 0.3 is 0 Å². The Kier molecular flexibility index (Phi) is 5.29. The maximum absolute atomic E-state index is 12.0. The summed E-state index contributed by atoms with van der Waals surface area (Å²) < 4.78 is 0. The van der Waals surface area contributed by atoms with Crippen LogP contribution in [0.15, 0.2) is 70.2 Å². The Morgan fingerprint density at radius 3 is 2.79 bits per heavy atom. The fourth-order valence-corrected chi connectivity index (χ4v) is 3.39. The Morgan fingerprint density at radius 2 is 2.03 bits per heavy atom. The summed E-state index contributed by atoms with van der Waals surface area (Å²) in [7, 11) is 0. The molecular formula is C22H23N5O2. The van der Waals surface area contributed by atoms with Gasteiger partial charge in [-0.3, -0.25) is 14.6 Å². The highest BCUT2D eigenvalue weighted by molar-refractivity contribution is 6.08. The van der Waals surface area contributed by atoms with E-state index in [0.29, 0.717) is 18.7 Å². The van der Waals surface area contributed by atoms with E-state index in [1.807, 2.05) is 49.4 Å². The molecule has 0 fully saturated rings.